The first-order valence-electron chi connectivity index (χ1n) is 4.35. The zero-order valence-electron chi connectivity index (χ0n) is 9.02. The predicted molar refractivity (Wildman–Crippen MR) is 57.0 cm³/mol. The van der Waals surface area contributed by atoms with Gasteiger partial charge in [-0.15, -0.1) is 0 Å². The summed E-state index contributed by atoms with van der Waals surface area (Å²) >= 11 is 0. The molecule has 0 aromatic heterocycles. The van der Waals surface area contributed by atoms with Crippen LogP contribution >= 0.6 is 0 Å². The van der Waals surface area contributed by atoms with E-state index < -0.39 is 42.4 Å². The van der Waals surface area contributed by atoms with Gasteiger partial charge in [0.15, 0.2) is 0 Å². The summed E-state index contributed by atoms with van der Waals surface area (Å²) in [5.41, 5.74) is -0.373. The van der Waals surface area contributed by atoms with Gasteiger partial charge in [-0.2, -0.15) is 16.8 Å². The van der Waals surface area contributed by atoms with Crippen molar-refractivity contribution in [2.45, 2.75) is 16.4 Å². The molecule has 0 bridgehead atoms. The lowest BCUT2D eigenvalue weighted by atomic mass is 10.2. The van der Waals surface area contributed by atoms with Crippen LogP contribution < -0.4 is 4.74 Å². The van der Waals surface area contributed by atoms with Gasteiger partial charge < -0.3 is 4.74 Å². The van der Waals surface area contributed by atoms with E-state index in [0.29, 0.717) is 6.07 Å². The zero-order valence-corrected chi connectivity index (χ0v) is 10.7. The van der Waals surface area contributed by atoms with Crippen molar-refractivity contribution >= 4 is 20.2 Å². The fourth-order valence-electron chi connectivity index (χ4n) is 1.30. The number of hydrogen-bond acceptors (Lipinski definition) is 5. The molecule has 0 saturated carbocycles. The molecular weight excluding hydrogens is 288 g/mol. The summed E-state index contributed by atoms with van der Waals surface area (Å²) in [5, 5.41) is 10.8. The SMILES string of the molecule is COc1cc(C[O])c(S(=O)(=O)O)cc1S(=O)(=O)O. The molecule has 10 heteroatoms. The van der Waals surface area contributed by atoms with E-state index in [1.807, 2.05) is 0 Å². The first kappa shape index (κ1) is 14.9. The molecule has 0 aliphatic heterocycles. The van der Waals surface area contributed by atoms with Crippen LogP contribution in [-0.2, 0) is 31.9 Å². The Kier molecular flexibility index (Phi) is 3.98. The second-order valence-electron chi connectivity index (χ2n) is 3.21. The fraction of sp³-hybridized carbons (Fsp3) is 0.250. The Balaban J connectivity index is 3.76. The van der Waals surface area contributed by atoms with Gasteiger partial charge in [-0.25, -0.2) is 5.11 Å². The summed E-state index contributed by atoms with van der Waals surface area (Å²) in [6, 6.07) is 1.30. The molecule has 8 nitrogen and oxygen atoms in total. The molecule has 18 heavy (non-hydrogen) atoms. The van der Waals surface area contributed by atoms with Crippen molar-refractivity contribution in [2.24, 2.45) is 0 Å². The third-order valence-electron chi connectivity index (χ3n) is 2.06. The number of ether oxygens (including phenoxy) is 1. The van der Waals surface area contributed by atoms with Crippen molar-refractivity contribution in [1.29, 1.82) is 0 Å². The molecule has 0 aliphatic rings. The second kappa shape index (κ2) is 4.82. The van der Waals surface area contributed by atoms with E-state index in [-0.39, 0.29) is 5.56 Å². The van der Waals surface area contributed by atoms with E-state index in [9.17, 15) is 21.9 Å². The van der Waals surface area contributed by atoms with Crippen molar-refractivity contribution in [3.8, 4) is 5.75 Å². The Morgan fingerprint density at radius 1 is 1.06 bits per heavy atom. The van der Waals surface area contributed by atoms with Gasteiger partial charge in [0.25, 0.3) is 20.2 Å². The summed E-state index contributed by atoms with van der Waals surface area (Å²) in [6.45, 7) is -1.02. The largest absolute Gasteiger partial charge is 0.495 e. The lowest BCUT2D eigenvalue weighted by Crippen LogP contribution is -2.08. The Morgan fingerprint density at radius 2 is 1.56 bits per heavy atom. The molecule has 0 fully saturated rings. The number of benzene rings is 1. The molecule has 0 amide bonds. The average Bonchev–Trinajstić information content (AvgIpc) is 2.24. The highest BCUT2D eigenvalue weighted by Crippen LogP contribution is 2.30. The highest BCUT2D eigenvalue weighted by molar-refractivity contribution is 7.86. The van der Waals surface area contributed by atoms with E-state index in [1.165, 1.54) is 0 Å². The summed E-state index contributed by atoms with van der Waals surface area (Å²) in [5.74, 6) is -0.393. The van der Waals surface area contributed by atoms with Crippen molar-refractivity contribution in [3.63, 3.8) is 0 Å². The first-order chi connectivity index (χ1) is 8.11. The van der Waals surface area contributed by atoms with Crippen molar-refractivity contribution < 1.29 is 35.8 Å². The summed E-state index contributed by atoms with van der Waals surface area (Å²) in [4.78, 5) is -1.74. The van der Waals surface area contributed by atoms with Gasteiger partial charge in [0.1, 0.15) is 22.1 Å². The van der Waals surface area contributed by atoms with E-state index in [4.69, 9.17) is 9.11 Å². The molecule has 1 aromatic carbocycles. The fourth-order valence-corrected chi connectivity index (χ4v) is 2.75. The molecule has 0 unspecified atom stereocenters. The molecular formula is C8H9O8S2. The van der Waals surface area contributed by atoms with Crippen LogP contribution in [0.15, 0.2) is 21.9 Å². The molecule has 2 N–H and O–H groups in total. The van der Waals surface area contributed by atoms with Crippen LogP contribution in [0.3, 0.4) is 0 Å². The minimum absolute atomic E-state index is 0.373. The maximum atomic E-state index is 11.0. The molecule has 0 spiro atoms. The first-order valence-corrected chi connectivity index (χ1v) is 7.23. The van der Waals surface area contributed by atoms with Crippen molar-refractivity contribution in [1.82, 2.24) is 0 Å². The number of hydrogen-bond donors (Lipinski definition) is 2. The number of rotatable bonds is 4. The van der Waals surface area contributed by atoms with Gasteiger partial charge in [0.05, 0.1) is 7.11 Å². The Labute approximate surface area is 103 Å². The third-order valence-corrected chi connectivity index (χ3v) is 3.87. The van der Waals surface area contributed by atoms with Gasteiger partial charge in [-0.1, -0.05) is 0 Å². The lowest BCUT2D eigenvalue weighted by molar-refractivity contribution is 0.174. The normalized spacial score (nSPS) is 12.4. The predicted octanol–water partition coefficient (Wildman–Crippen LogP) is 0.119. The van der Waals surface area contributed by atoms with Gasteiger partial charge in [0, 0.05) is 5.56 Å². The van der Waals surface area contributed by atoms with Crippen LogP contribution in [0.25, 0.3) is 0 Å². The molecule has 0 aliphatic carbocycles. The lowest BCUT2D eigenvalue weighted by Gasteiger charge is -2.10. The molecule has 0 saturated heterocycles. The van der Waals surface area contributed by atoms with Crippen LogP contribution in [0, 0.1) is 0 Å². The maximum Gasteiger partial charge on any atom is 0.298 e. The maximum absolute atomic E-state index is 11.0. The molecule has 1 aromatic rings. The smallest absolute Gasteiger partial charge is 0.298 e. The number of methoxy groups -OCH3 is 1. The third kappa shape index (κ3) is 2.97. The summed E-state index contributed by atoms with van der Waals surface area (Å²) in [7, 11) is -8.47. The van der Waals surface area contributed by atoms with Gasteiger partial charge >= 0.3 is 0 Å². The minimum Gasteiger partial charge on any atom is -0.495 e. The molecule has 1 radical (unpaired) electrons. The highest BCUT2D eigenvalue weighted by Gasteiger charge is 2.24. The second-order valence-corrected chi connectivity index (χ2v) is 5.99. The van der Waals surface area contributed by atoms with Gasteiger partial charge in [-0.3, -0.25) is 9.11 Å². The quantitative estimate of drug-likeness (QED) is 0.752. The topological polar surface area (TPSA) is 138 Å². The van der Waals surface area contributed by atoms with Crippen LogP contribution in [0.1, 0.15) is 5.56 Å². The van der Waals surface area contributed by atoms with Gasteiger partial charge in [0.2, 0.25) is 0 Å². The van der Waals surface area contributed by atoms with E-state index >= 15 is 0 Å². The van der Waals surface area contributed by atoms with Crippen molar-refractivity contribution in [3.05, 3.63) is 17.7 Å². The summed E-state index contributed by atoms with van der Waals surface area (Å²) < 4.78 is 66.4. The monoisotopic (exact) mass is 297 g/mol. The zero-order chi connectivity index (χ0) is 14.1. The van der Waals surface area contributed by atoms with Crippen LogP contribution in [0.5, 0.6) is 5.75 Å². The molecule has 101 valence electrons. The summed E-state index contributed by atoms with van der Waals surface area (Å²) in [6.07, 6.45) is 0. The Bertz CT molecular complexity index is 603. The Morgan fingerprint density at radius 3 is 1.89 bits per heavy atom. The molecule has 0 heterocycles. The Hall–Kier alpha value is -1.20. The molecule has 1 rings (SSSR count). The van der Waals surface area contributed by atoms with Gasteiger partial charge in [-0.05, 0) is 12.1 Å². The molecule has 0 atom stereocenters. The average molecular weight is 297 g/mol. The minimum atomic E-state index is -4.78. The van der Waals surface area contributed by atoms with E-state index in [1.54, 1.807) is 0 Å². The van der Waals surface area contributed by atoms with E-state index in [2.05, 4.69) is 4.74 Å². The highest BCUT2D eigenvalue weighted by atomic mass is 32.2. The van der Waals surface area contributed by atoms with Crippen LogP contribution in [0.2, 0.25) is 0 Å². The van der Waals surface area contributed by atoms with E-state index in [0.717, 1.165) is 13.2 Å². The van der Waals surface area contributed by atoms with Crippen molar-refractivity contribution in [2.75, 3.05) is 7.11 Å². The van der Waals surface area contributed by atoms with Crippen LogP contribution in [0.4, 0.5) is 0 Å². The van der Waals surface area contributed by atoms with Crippen LogP contribution in [-0.4, -0.2) is 33.1 Å². The standard InChI is InChI=1S/C8H9O8S2/c1-16-6-2-5(4-9)7(17(10,11)12)3-8(6)18(13,14)15/h2-3H,4H2,1H3,(H,10,11,12)(H,13,14,15).